The summed E-state index contributed by atoms with van der Waals surface area (Å²) in [5.41, 5.74) is 1.81. The highest BCUT2D eigenvalue weighted by Crippen LogP contribution is 2.22. The maximum absolute atomic E-state index is 10.7. The van der Waals surface area contributed by atoms with Crippen LogP contribution in [-0.4, -0.2) is 27.7 Å². The molecule has 1 heterocycles. The molecule has 1 atom stereocenters. The quantitative estimate of drug-likeness (QED) is 0.881. The Morgan fingerprint density at radius 3 is 2.89 bits per heavy atom. The van der Waals surface area contributed by atoms with Crippen LogP contribution in [0.5, 0.6) is 0 Å². The first-order chi connectivity index (χ1) is 8.63. The van der Waals surface area contributed by atoms with Gasteiger partial charge in [0.2, 0.25) is 0 Å². The number of aliphatic carboxylic acids is 1. The maximum atomic E-state index is 10.7. The first-order valence-corrected chi connectivity index (χ1v) is 5.83. The molecule has 18 heavy (non-hydrogen) atoms. The van der Waals surface area contributed by atoms with E-state index < -0.39 is 5.97 Å². The molecule has 96 valence electrons. The van der Waals surface area contributed by atoms with Crippen LogP contribution in [0.3, 0.4) is 0 Å². The average Bonchev–Trinajstić information content (AvgIpc) is 2.74. The van der Waals surface area contributed by atoms with Gasteiger partial charge in [-0.05, 0) is 19.1 Å². The van der Waals surface area contributed by atoms with Gasteiger partial charge in [-0.1, -0.05) is 12.1 Å². The fraction of sp³-hybridized carbons (Fsp3) is 0.385. The second-order valence-corrected chi connectivity index (χ2v) is 4.13. The second-order valence-electron chi connectivity index (χ2n) is 4.13. The van der Waals surface area contributed by atoms with Gasteiger partial charge in [0, 0.05) is 13.7 Å². The number of hydrogen-bond donors (Lipinski definition) is 1. The number of aromatic nitrogens is 2. The Balaban J connectivity index is 2.47. The van der Waals surface area contributed by atoms with E-state index in [1.54, 1.807) is 7.11 Å². The molecule has 0 aliphatic heterocycles. The molecule has 1 aromatic heterocycles. The highest BCUT2D eigenvalue weighted by Gasteiger charge is 2.16. The van der Waals surface area contributed by atoms with Crippen LogP contribution < -0.4 is 0 Å². The molecule has 0 amide bonds. The molecule has 1 N–H and O–H groups in total. The Morgan fingerprint density at radius 2 is 2.22 bits per heavy atom. The monoisotopic (exact) mass is 248 g/mol. The van der Waals surface area contributed by atoms with Crippen LogP contribution in [-0.2, 0) is 16.1 Å². The van der Waals surface area contributed by atoms with Crippen molar-refractivity contribution < 1.29 is 14.6 Å². The molecule has 5 heteroatoms. The number of ether oxygens (including phenoxy) is 1. The Hall–Kier alpha value is -1.88. The smallest absolute Gasteiger partial charge is 0.305 e. The van der Waals surface area contributed by atoms with E-state index in [0.717, 1.165) is 16.9 Å². The van der Waals surface area contributed by atoms with Crippen molar-refractivity contribution >= 4 is 17.0 Å². The summed E-state index contributed by atoms with van der Waals surface area (Å²) >= 11 is 0. The van der Waals surface area contributed by atoms with Gasteiger partial charge in [0.15, 0.2) is 0 Å². The molecule has 1 aromatic carbocycles. The van der Waals surface area contributed by atoms with E-state index in [0.29, 0.717) is 6.54 Å². The number of methoxy groups -OCH3 is 1. The molecular weight excluding hydrogens is 232 g/mol. The van der Waals surface area contributed by atoms with E-state index in [2.05, 4.69) is 4.98 Å². The molecular formula is C13H16N2O3. The largest absolute Gasteiger partial charge is 0.481 e. The van der Waals surface area contributed by atoms with Gasteiger partial charge < -0.3 is 14.4 Å². The van der Waals surface area contributed by atoms with E-state index in [-0.39, 0.29) is 12.5 Å². The predicted molar refractivity (Wildman–Crippen MR) is 67.4 cm³/mol. The van der Waals surface area contributed by atoms with Crippen LogP contribution in [0.2, 0.25) is 0 Å². The Morgan fingerprint density at radius 1 is 1.50 bits per heavy atom. The number of fused-ring (bicyclic) bond motifs is 1. The molecule has 0 aliphatic carbocycles. The fourth-order valence-electron chi connectivity index (χ4n) is 1.95. The minimum Gasteiger partial charge on any atom is -0.481 e. The summed E-state index contributed by atoms with van der Waals surface area (Å²) in [7, 11) is 1.62. The van der Waals surface area contributed by atoms with Gasteiger partial charge in [-0.2, -0.15) is 0 Å². The molecule has 0 fully saturated rings. The van der Waals surface area contributed by atoms with E-state index in [1.165, 1.54) is 0 Å². The number of imidazole rings is 1. The second kappa shape index (κ2) is 5.18. The number of aryl methyl sites for hydroxylation is 1. The third-order valence-electron chi connectivity index (χ3n) is 2.95. The number of nitrogens with zero attached hydrogens (tertiary/aromatic N) is 2. The normalized spacial score (nSPS) is 12.8. The molecule has 0 bridgehead atoms. The summed E-state index contributed by atoms with van der Waals surface area (Å²) < 4.78 is 7.20. The summed E-state index contributed by atoms with van der Waals surface area (Å²) in [5, 5.41) is 8.81. The highest BCUT2D eigenvalue weighted by molar-refractivity contribution is 5.76. The number of carboxylic acid groups (broad SMARTS) is 1. The van der Waals surface area contributed by atoms with Gasteiger partial charge in [0.05, 0.1) is 17.5 Å². The number of para-hydroxylation sites is 2. The zero-order chi connectivity index (χ0) is 13.1. The number of hydrogen-bond acceptors (Lipinski definition) is 3. The third-order valence-corrected chi connectivity index (χ3v) is 2.95. The van der Waals surface area contributed by atoms with Crippen LogP contribution >= 0.6 is 0 Å². The molecule has 1 unspecified atom stereocenters. The van der Waals surface area contributed by atoms with Gasteiger partial charge in [0.25, 0.3) is 0 Å². The van der Waals surface area contributed by atoms with Gasteiger partial charge in [-0.3, -0.25) is 4.79 Å². The third kappa shape index (κ3) is 2.36. The number of benzene rings is 1. The lowest BCUT2D eigenvalue weighted by Gasteiger charge is -2.12. The van der Waals surface area contributed by atoms with Crippen LogP contribution in [0.4, 0.5) is 0 Å². The number of carboxylic acids is 1. The van der Waals surface area contributed by atoms with Crippen molar-refractivity contribution in [3.05, 3.63) is 30.1 Å². The molecule has 5 nitrogen and oxygen atoms in total. The molecule has 0 saturated carbocycles. The zero-order valence-corrected chi connectivity index (χ0v) is 10.5. The molecule has 0 aliphatic rings. The maximum Gasteiger partial charge on any atom is 0.305 e. The van der Waals surface area contributed by atoms with Crippen molar-refractivity contribution in [3.8, 4) is 0 Å². The lowest BCUT2D eigenvalue weighted by atomic mass is 10.3. The van der Waals surface area contributed by atoms with Crippen molar-refractivity contribution in [3.63, 3.8) is 0 Å². The van der Waals surface area contributed by atoms with Crippen molar-refractivity contribution in [2.24, 2.45) is 0 Å². The van der Waals surface area contributed by atoms with Crippen LogP contribution in [0.1, 0.15) is 25.3 Å². The summed E-state index contributed by atoms with van der Waals surface area (Å²) in [6.07, 6.45) is -0.0877. The van der Waals surface area contributed by atoms with Crippen molar-refractivity contribution in [1.29, 1.82) is 0 Å². The van der Waals surface area contributed by atoms with E-state index in [1.807, 2.05) is 35.8 Å². The molecule has 0 saturated heterocycles. The van der Waals surface area contributed by atoms with E-state index in [4.69, 9.17) is 9.84 Å². The van der Waals surface area contributed by atoms with Gasteiger partial charge >= 0.3 is 5.97 Å². The van der Waals surface area contributed by atoms with Crippen LogP contribution in [0.15, 0.2) is 24.3 Å². The fourth-order valence-corrected chi connectivity index (χ4v) is 1.95. The SMILES string of the molecule is COC(C)c1nc2ccccc2n1CCC(=O)O. The summed E-state index contributed by atoms with van der Waals surface area (Å²) in [4.78, 5) is 15.2. The first-order valence-electron chi connectivity index (χ1n) is 5.83. The minimum atomic E-state index is -0.816. The predicted octanol–water partition coefficient (Wildman–Crippen LogP) is 2.22. The lowest BCUT2D eigenvalue weighted by Crippen LogP contribution is -2.11. The minimum absolute atomic E-state index is 0.0732. The first kappa shape index (κ1) is 12.6. The number of carbonyl (C=O) groups is 1. The summed E-state index contributed by atoms with van der Waals surface area (Å²) in [6, 6.07) is 7.69. The Kier molecular flexibility index (Phi) is 3.62. The molecule has 2 rings (SSSR count). The van der Waals surface area contributed by atoms with Crippen molar-refractivity contribution in [2.45, 2.75) is 26.0 Å². The topological polar surface area (TPSA) is 64.4 Å². The molecule has 0 spiro atoms. The van der Waals surface area contributed by atoms with E-state index in [9.17, 15) is 4.79 Å². The zero-order valence-electron chi connectivity index (χ0n) is 10.5. The average molecular weight is 248 g/mol. The Bertz CT molecular complexity index is 562. The van der Waals surface area contributed by atoms with Crippen LogP contribution in [0.25, 0.3) is 11.0 Å². The summed E-state index contributed by atoms with van der Waals surface area (Å²) in [6.45, 7) is 2.30. The molecule has 0 radical (unpaired) electrons. The lowest BCUT2D eigenvalue weighted by molar-refractivity contribution is -0.137. The standard InChI is InChI=1S/C13H16N2O3/c1-9(18-2)13-14-10-5-3-4-6-11(10)15(13)8-7-12(16)17/h3-6,9H,7-8H2,1-2H3,(H,16,17). The van der Waals surface area contributed by atoms with Gasteiger partial charge in [-0.25, -0.2) is 4.98 Å². The Labute approximate surface area is 105 Å². The van der Waals surface area contributed by atoms with Gasteiger partial charge in [-0.15, -0.1) is 0 Å². The molecule has 2 aromatic rings. The summed E-state index contributed by atoms with van der Waals surface area (Å²) in [5.74, 6) is -0.0521. The van der Waals surface area contributed by atoms with Crippen LogP contribution in [0, 0.1) is 0 Å². The van der Waals surface area contributed by atoms with Gasteiger partial charge in [0.1, 0.15) is 11.9 Å². The highest BCUT2D eigenvalue weighted by atomic mass is 16.5. The van der Waals surface area contributed by atoms with Crippen molar-refractivity contribution in [1.82, 2.24) is 9.55 Å². The van der Waals surface area contributed by atoms with E-state index >= 15 is 0 Å². The number of rotatable bonds is 5. The van der Waals surface area contributed by atoms with Crippen molar-refractivity contribution in [2.75, 3.05) is 7.11 Å².